The second-order valence-corrected chi connectivity index (χ2v) is 10.1. The molecule has 1 fully saturated rings. The van der Waals surface area contributed by atoms with Crippen LogP contribution >= 0.6 is 23.2 Å². The second-order valence-electron chi connectivity index (χ2n) is 9.25. The van der Waals surface area contributed by atoms with Crippen LogP contribution < -0.4 is 0 Å². The third-order valence-electron chi connectivity index (χ3n) is 6.33. The standard InChI is InChI=1S/C24H23Cl2N3O2/c1-24(2,3)28-12-20(30)29-19(23(28)31)11-16-14-6-4-5-7-18(14)27-21(16)22(29)15-9-8-13(25)10-17(15)26/h4-10,19,22,27H,11-12H2,1-3H3/t19-,22-/m0/s1. The SMILES string of the molecule is CC(C)(C)N1CC(=O)N2[C@@H](c3ccc(Cl)cc3Cl)c3[nH]c4ccccc4c3C[C@H]2C1=O. The van der Waals surface area contributed by atoms with Crippen molar-refractivity contribution in [3.63, 3.8) is 0 Å². The van der Waals surface area contributed by atoms with Crippen molar-refractivity contribution in [3.05, 3.63) is 69.3 Å². The molecule has 3 heterocycles. The molecule has 0 aliphatic carbocycles. The Balaban J connectivity index is 1.74. The van der Waals surface area contributed by atoms with Crippen molar-refractivity contribution < 1.29 is 9.59 Å². The van der Waals surface area contributed by atoms with E-state index in [1.165, 1.54) is 0 Å². The number of hydrogen-bond donors (Lipinski definition) is 1. The number of nitrogens with zero attached hydrogens (tertiary/aromatic N) is 2. The molecular weight excluding hydrogens is 433 g/mol. The molecule has 31 heavy (non-hydrogen) atoms. The van der Waals surface area contributed by atoms with Crippen LogP contribution in [0.1, 0.15) is 43.6 Å². The monoisotopic (exact) mass is 455 g/mol. The molecule has 5 rings (SSSR count). The quantitative estimate of drug-likeness (QED) is 0.563. The molecule has 2 aromatic carbocycles. The zero-order chi connectivity index (χ0) is 22.1. The van der Waals surface area contributed by atoms with Gasteiger partial charge in [-0.15, -0.1) is 0 Å². The Bertz CT molecular complexity index is 1230. The molecule has 7 heteroatoms. The Morgan fingerprint density at radius 3 is 2.52 bits per heavy atom. The summed E-state index contributed by atoms with van der Waals surface area (Å²) in [5, 5.41) is 2.07. The van der Waals surface area contributed by atoms with E-state index in [0.717, 1.165) is 27.7 Å². The van der Waals surface area contributed by atoms with Gasteiger partial charge in [-0.25, -0.2) is 0 Å². The highest BCUT2D eigenvalue weighted by atomic mass is 35.5. The minimum absolute atomic E-state index is 0.0295. The fraction of sp³-hybridized carbons (Fsp3) is 0.333. The Kier molecular flexibility index (Phi) is 4.61. The lowest BCUT2D eigenvalue weighted by Crippen LogP contribution is -2.66. The zero-order valence-electron chi connectivity index (χ0n) is 17.6. The van der Waals surface area contributed by atoms with Gasteiger partial charge in [0.15, 0.2) is 0 Å². The highest BCUT2D eigenvalue weighted by molar-refractivity contribution is 6.35. The van der Waals surface area contributed by atoms with Crippen molar-refractivity contribution in [1.29, 1.82) is 0 Å². The van der Waals surface area contributed by atoms with Crippen LogP contribution in [0, 0.1) is 0 Å². The molecule has 2 amide bonds. The van der Waals surface area contributed by atoms with E-state index in [1.54, 1.807) is 21.9 Å². The smallest absolute Gasteiger partial charge is 0.246 e. The van der Waals surface area contributed by atoms with Crippen molar-refractivity contribution >= 4 is 45.9 Å². The lowest BCUT2D eigenvalue weighted by atomic mass is 9.85. The summed E-state index contributed by atoms with van der Waals surface area (Å²) in [4.78, 5) is 34.0. The molecule has 0 bridgehead atoms. The van der Waals surface area contributed by atoms with Crippen molar-refractivity contribution in [2.45, 2.75) is 44.8 Å². The summed E-state index contributed by atoms with van der Waals surface area (Å²) in [6.45, 7) is 5.93. The van der Waals surface area contributed by atoms with Gasteiger partial charge in [-0.2, -0.15) is 0 Å². The molecule has 1 N–H and O–H groups in total. The first kappa shape index (κ1) is 20.4. The lowest BCUT2D eigenvalue weighted by Gasteiger charge is -2.50. The number of carbonyl (C=O) groups is 2. The van der Waals surface area contributed by atoms with Crippen molar-refractivity contribution in [3.8, 4) is 0 Å². The molecule has 0 unspecified atom stereocenters. The number of para-hydroxylation sites is 1. The number of nitrogens with one attached hydrogen (secondary N) is 1. The van der Waals surface area contributed by atoms with Crippen LogP contribution in [0.2, 0.25) is 10.0 Å². The maximum atomic E-state index is 13.6. The average Bonchev–Trinajstić information content (AvgIpc) is 3.07. The maximum Gasteiger partial charge on any atom is 0.246 e. The fourth-order valence-corrected chi connectivity index (χ4v) is 5.39. The van der Waals surface area contributed by atoms with E-state index in [-0.39, 0.29) is 18.4 Å². The number of carbonyl (C=O) groups excluding carboxylic acids is 2. The predicted octanol–water partition coefficient (Wildman–Crippen LogP) is 4.96. The second kappa shape index (κ2) is 7.01. The molecule has 160 valence electrons. The minimum Gasteiger partial charge on any atom is -0.356 e. The Morgan fingerprint density at radius 1 is 1.06 bits per heavy atom. The van der Waals surface area contributed by atoms with Gasteiger partial charge in [-0.1, -0.05) is 47.5 Å². The van der Waals surface area contributed by atoms with Gasteiger partial charge in [0.25, 0.3) is 0 Å². The molecule has 1 saturated heterocycles. The number of amides is 2. The number of aromatic amines is 1. The molecule has 0 radical (unpaired) electrons. The van der Waals surface area contributed by atoms with Gasteiger partial charge in [0.2, 0.25) is 11.8 Å². The first-order chi connectivity index (χ1) is 14.7. The maximum absolute atomic E-state index is 13.6. The van der Waals surface area contributed by atoms with E-state index in [2.05, 4.69) is 11.1 Å². The molecule has 2 aliphatic rings. The first-order valence-electron chi connectivity index (χ1n) is 10.3. The van der Waals surface area contributed by atoms with E-state index in [9.17, 15) is 9.59 Å². The van der Waals surface area contributed by atoms with Gasteiger partial charge in [0.1, 0.15) is 12.6 Å². The molecule has 3 aromatic rings. The van der Waals surface area contributed by atoms with Gasteiger partial charge in [0, 0.05) is 38.6 Å². The number of aromatic nitrogens is 1. The zero-order valence-corrected chi connectivity index (χ0v) is 19.1. The lowest BCUT2D eigenvalue weighted by molar-refractivity contribution is -0.163. The van der Waals surface area contributed by atoms with Crippen molar-refractivity contribution in [2.24, 2.45) is 0 Å². The summed E-state index contributed by atoms with van der Waals surface area (Å²) in [6.07, 6.45) is 0.470. The number of halogens is 2. The first-order valence-corrected chi connectivity index (χ1v) is 11.1. The molecule has 5 nitrogen and oxygen atoms in total. The van der Waals surface area contributed by atoms with Gasteiger partial charge in [0.05, 0.1) is 6.04 Å². The minimum atomic E-state index is -0.580. The molecule has 1 aromatic heterocycles. The molecule has 2 aliphatic heterocycles. The van der Waals surface area contributed by atoms with Crippen LogP contribution in [0.4, 0.5) is 0 Å². The summed E-state index contributed by atoms with van der Waals surface area (Å²) in [6, 6.07) is 12.3. The van der Waals surface area contributed by atoms with E-state index < -0.39 is 17.6 Å². The molecule has 0 saturated carbocycles. The number of hydrogen-bond acceptors (Lipinski definition) is 2. The van der Waals surface area contributed by atoms with Crippen LogP contribution in [-0.4, -0.2) is 44.7 Å². The van der Waals surface area contributed by atoms with Crippen molar-refractivity contribution in [1.82, 2.24) is 14.8 Å². The number of rotatable bonds is 1. The number of fused-ring (bicyclic) bond motifs is 4. The summed E-state index contributed by atoms with van der Waals surface area (Å²) >= 11 is 12.8. The highest BCUT2D eigenvalue weighted by Crippen LogP contribution is 2.45. The topological polar surface area (TPSA) is 56.4 Å². The molecular formula is C24H23Cl2N3O2. The highest BCUT2D eigenvalue weighted by Gasteiger charge is 2.50. The normalized spacial score (nSPS) is 21.5. The summed E-state index contributed by atoms with van der Waals surface area (Å²) in [5.41, 5.74) is 3.27. The predicted molar refractivity (Wildman–Crippen MR) is 122 cm³/mol. The summed E-state index contributed by atoms with van der Waals surface area (Å²) in [5.74, 6) is -0.113. The Labute approximate surface area is 190 Å². The third kappa shape index (κ3) is 3.14. The summed E-state index contributed by atoms with van der Waals surface area (Å²) < 4.78 is 0. The van der Waals surface area contributed by atoms with E-state index in [4.69, 9.17) is 23.2 Å². The van der Waals surface area contributed by atoms with Gasteiger partial charge in [-0.05, 0) is 50.1 Å². The van der Waals surface area contributed by atoms with Crippen LogP contribution in [-0.2, 0) is 16.0 Å². The van der Waals surface area contributed by atoms with Crippen LogP contribution in [0.3, 0.4) is 0 Å². The average molecular weight is 456 g/mol. The van der Waals surface area contributed by atoms with Crippen molar-refractivity contribution in [2.75, 3.05) is 6.54 Å². The van der Waals surface area contributed by atoms with Crippen LogP contribution in [0.25, 0.3) is 10.9 Å². The fourth-order valence-electron chi connectivity index (χ4n) is 4.88. The van der Waals surface area contributed by atoms with Gasteiger partial charge < -0.3 is 14.8 Å². The van der Waals surface area contributed by atoms with Crippen LogP contribution in [0.15, 0.2) is 42.5 Å². The largest absolute Gasteiger partial charge is 0.356 e. The number of benzene rings is 2. The van der Waals surface area contributed by atoms with E-state index in [0.29, 0.717) is 16.5 Å². The Hall–Kier alpha value is -2.50. The number of piperazine rings is 1. The number of H-pyrrole nitrogens is 1. The van der Waals surface area contributed by atoms with Gasteiger partial charge in [-0.3, -0.25) is 9.59 Å². The van der Waals surface area contributed by atoms with E-state index in [1.807, 2.05) is 45.0 Å². The summed E-state index contributed by atoms with van der Waals surface area (Å²) in [7, 11) is 0. The molecule has 2 atom stereocenters. The van der Waals surface area contributed by atoms with Crippen LogP contribution in [0.5, 0.6) is 0 Å². The molecule has 0 spiro atoms. The van der Waals surface area contributed by atoms with Gasteiger partial charge >= 0.3 is 0 Å². The van der Waals surface area contributed by atoms with E-state index >= 15 is 0 Å². The third-order valence-corrected chi connectivity index (χ3v) is 6.89. The Morgan fingerprint density at radius 2 is 1.81 bits per heavy atom.